The van der Waals surface area contributed by atoms with E-state index in [-0.39, 0.29) is 0 Å². The van der Waals surface area contributed by atoms with Crippen LogP contribution in [0.1, 0.15) is 50.7 Å². The zero-order valence-electron chi connectivity index (χ0n) is 18.5. The van der Waals surface area contributed by atoms with Crippen LogP contribution in [0.15, 0.2) is 78.9 Å². The van der Waals surface area contributed by atoms with Gasteiger partial charge in [-0.05, 0) is 74.4 Å². The van der Waals surface area contributed by atoms with E-state index in [4.69, 9.17) is 4.74 Å². The summed E-state index contributed by atoms with van der Waals surface area (Å²) in [7, 11) is 0. The van der Waals surface area contributed by atoms with Gasteiger partial charge in [-0.25, -0.2) is 0 Å². The molecule has 2 nitrogen and oxygen atoms in total. The highest BCUT2D eigenvalue weighted by atomic mass is 16.5. The molecule has 3 aromatic carbocycles. The maximum absolute atomic E-state index is 5.93. The van der Waals surface area contributed by atoms with Crippen molar-refractivity contribution in [3.8, 4) is 5.75 Å². The number of unbranched alkanes of at least 4 members (excludes halogenated alkanes) is 3. The summed E-state index contributed by atoms with van der Waals surface area (Å²) >= 11 is 0. The summed E-state index contributed by atoms with van der Waals surface area (Å²) < 4.78 is 5.93. The highest BCUT2D eigenvalue weighted by molar-refractivity contribution is 5.77. The van der Waals surface area contributed by atoms with Crippen LogP contribution >= 0.6 is 0 Å². The maximum Gasteiger partial charge on any atom is 0.119 e. The lowest BCUT2D eigenvalue weighted by Crippen LogP contribution is -2.10. The van der Waals surface area contributed by atoms with E-state index in [9.17, 15) is 0 Å². The highest BCUT2D eigenvalue weighted by Gasteiger charge is 2.12. The normalized spacial score (nSPS) is 11.0. The van der Waals surface area contributed by atoms with E-state index < -0.39 is 0 Å². The van der Waals surface area contributed by atoms with Crippen LogP contribution in [0.25, 0.3) is 6.08 Å². The smallest absolute Gasteiger partial charge is 0.119 e. The van der Waals surface area contributed by atoms with E-state index in [0.29, 0.717) is 0 Å². The second-order valence-electron chi connectivity index (χ2n) is 7.67. The Bertz CT molecular complexity index is 908. The summed E-state index contributed by atoms with van der Waals surface area (Å²) in [5, 5.41) is 0. The number of benzene rings is 3. The summed E-state index contributed by atoms with van der Waals surface area (Å²) in [6.45, 7) is 7.17. The van der Waals surface area contributed by atoms with Gasteiger partial charge in [-0.15, -0.1) is 0 Å². The van der Waals surface area contributed by atoms with Crippen LogP contribution in [0.3, 0.4) is 0 Å². The SMILES string of the molecule is CC=Cc1ccc(N(c2ccc(C)cc2)c2ccc(OCCCCCC)cc2)cc1. The molecule has 0 N–H and O–H groups in total. The van der Waals surface area contributed by atoms with Crippen molar-refractivity contribution in [1.82, 2.24) is 0 Å². The molecule has 3 aromatic rings. The van der Waals surface area contributed by atoms with E-state index in [1.807, 2.05) is 6.92 Å². The second-order valence-corrected chi connectivity index (χ2v) is 7.67. The standard InChI is InChI=1S/C28H33NO/c1-4-6-7-8-22-30-28-20-18-27(19-21-28)29(25-14-10-23(3)11-15-25)26-16-12-24(9-5-2)13-17-26/h5,9-21H,4,6-8,22H2,1-3H3. The third kappa shape index (κ3) is 6.00. The Kier molecular flexibility index (Phi) is 8.14. The van der Waals surface area contributed by atoms with E-state index >= 15 is 0 Å². The Morgan fingerprint density at radius 2 is 1.30 bits per heavy atom. The average Bonchev–Trinajstić information content (AvgIpc) is 2.77. The lowest BCUT2D eigenvalue weighted by molar-refractivity contribution is 0.305. The highest BCUT2D eigenvalue weighted by Crippen LogP contribution is 2.35. The molecule has 0 atom stereocenters. The van der Waals surface area contributed by atoms with Gasteiger partial charge in [-0.2, -0.15) is 0 Å². The number of allylic oxidation sites excluding steroid dienone is 1. The van der Waals surface area contributed by atoms with Crippen LogP contribution in [0.4, 0.5) is 17.1 Å². The number of rotatable bonds is 10. The molecule has 0 aromatic heterocycles. The predicted octanol–water partition coefficient (Wildman–Crippen LogP) is 8.46. The van der Waals surface area contributed by atoms with E-state index in [1.54, 1.807) is 0 Å². The summed E-state index contributed by atoms with van der Waals surface area (Å²) in [4.78, 5) is 2.28. The molecule has 2 heteroatoms. The van der Waals surface area contributed by atoms with Crippen molar-refractivity contribution in [2.75, 3.05) is 11.5 Å². The van der Waals surface area contributed by atoms with Crippen molar-refractivity contribution >= 4 is 23.1 Å². The third-order valence-corrected chi connectivity index (χ3v) is 5.16. The van der Waals surface area contributed by atoms with Gasteiger partial charge in [0.25, 0.3) is 0 Å². The minimum absolute atomic E-state index is 0.785. The van der Waals surface area contributed by atoms with Crippen LogP contribution in [-0.2, 0) is 0 Å². The topological polar surface area (TPSA) is 12.5 Å². The number of ether oxygens (including phenoxy) is 1. The number of aryl methyl sites for hydroxylation is 1. The van der Waals surface area contributed by atoms with Gasteiger partial charge < -0.3 is 9.64 Å². The number of nitrogens with zero attached hydrogens (tertiary/aromatic N) is 1. The van der Waals surface area contributed by atoms with E-state index in [0.717, 1.165) is 35.8 Å². The molecule has 0 aliphatic carbocycles. The molecule has 0 radical (unpaired) electrons. The minimum Gasteiger partial charge on any atom is -0.494 e. The van der Waals surface area contributed by atoms with Gasteiger partial charge in [0.05, 0.1) is 6.61 Å². The summed E-state index contributed by atoms with van der Waals surface area (Å²) in [6.07, 6.45) is 9.06. The Balaban J connectivity index is 1.82. The first-order valence-corrected chi connectivity index (χ1v) is 11.0. The van der Waals surface area contributed by atoms with E-state index in [2.05, 4.69) is 104 Å². The largest absolute Gasteiger partial charge is 0.494 e. The fourth-order valence-corrected chi connectivity index (χ4v) is 3.48. The Morgan fingerprint density at radius 3 is 1.87 bits per heavy atom. The minimum atomic E-state index is 0.785. The van der Waals surface area contributed by atoms with Gasteiger partial charge in [0.15, 0.2) is 0 Å². The molecule has 30 heavy (non-hydrogen) atoms. The summed E-state index contributed by atoms with van der Waals surface area (Å²) in [5.74, 6) is 0.933. The van der Waals surface area contributed by atoms with Crippen LogP contribution in [0.2, 0.25) is 0 Å². The average molecular weight is 400 g/mol. The fourth-order valence-electron chi connectivity index (χ4n) is 3.48. The molecule has 0 saturated heterocycles. The molecule has 0 heterocycles. The van der Waals surface area contributed by atoms with Crippen molar-refractivity contribution in [2.45, 2.75) is 46.5 Å². The van der Waals surface area contributed by atoms with Crippen LogP contribution in [-0.4, -0.2) is 6.61 Å². The molecule has 3 rings (SSSR count). The first-order valence-electron chi connectivity index (χ1n) is 11.0. The fraction of sp³-hybridized carbons (Fsp3) is 0.286. The van der Waals surface area contributed by atoms with Crippen molar-refractivity contribution in [2.24, 2.45) is 0 Å². The first kappa shape index (κ1) is 21.7. The predicted molar refractivity (Wildman–Crippen MR) is 130 cm³/mol. The van der Waals surface area contributed by atoms with Crippen LogP contribution in [0.5, 0.6) is 5.75 Å². The molecule has 0 amide bonds. The summed E-state index contributed by atoms with van der Waals surface area (Å²) in [5.41, 5.74) is 5.87. The molecule has 0 saturated carbocycles. The van der Waals surface area contributed by atoms with Gasteiger partial charge in [0.2, 0.25) is 0 Å². The molecule has 0 fully saturated rings. The monoisotopic (exact) mass is 399 g/mol. The molecular weight excluding hydrogens is 366 g/mol. The van der Waals surface area contributed by atoms with Crippen LogP contribution < -0.4 is 9.64 Å². The molecule has 0 unspecified atom stereocenters. The summed E-state index contributed by atoms with van der Waals surface area (Å²) in [6, 6.07) is 25.8. The van der Waals surface area contributed by atoms with E-state index in [1.165, 1.54) is 30.4 Å². The molecule has 0 bridgehead atoms. The molecule has 0 aliphatic heterocycles. The zero-order chi connectivity index (χ0) is 21.2. The lowest BCUT2D eigenvalue weighted by Gasteiger charge is -2.26. The van der Waals surface area contributed by atoms with Crippen molar-refractivity contribution in [3.05, 3.63) is 90.0 Å². The van der Waals surface area contributed by atoms with Gasteiger partial charge in [-0.1, -0.05) is 68.2 Å². The number of hydrogen-bond donors (Lipinski definition) is 0. The Labute approximate surface area is 181 Å². The quantitative estimate of drug-likeness (QED) is 0.317. The molecular formula is C28H33NO. The number of anilines is 3. The first-order chi connectivity index (χ1) is 14.7. The molecule has 0 aliphatic rings. The molecule has 156 valence electrons. The van der Waals surface area contributed by atoms with Crippen molar-refractivity contribution in [3.63, 3.8) is 0 Å². The maximum atomic E-state index is 5.93. The van der Waals surface area contributed by atoms with Crippen molar-refractivity contribution in [1.29, 1.82) is 0 Å². The molecule has 0 spiro atoms. The third-order valence-electron chi connectivity index (χ3n) is 5.16. The van der Waals surface area contributed by atoms with Crippen molar-refractivity contribution < 1.29 is 4.74 Å². The van der Waals surface area contributed by atoms with Gasteiger partial charge >= 0.3 is 0 Å². The lowest BCUT2D eigenvalue weighted by atomic mass is 10.1. The van der Waals surface area contributed by atoms with Gasteiger partial charge in [-0.3, -0.25) is 0 Å². The van der Waals surface area contributed by atoms with Gasteiger partial charge in [0.1, 0.15) is 5.75 Å². The number of hydrogen-bond acceptors (Lipinski definition) is 2. The Hall–Kier alpha value is -3.00. The zero-order valence-corrected chi connectivity index (χ0v) is 18.5. The van der Waals surface area contributed by atoms with Gasteiger partial charge in [0, 0.05) is 17.1 Å². The second kappa shape index (κ2) is 11.3. The Morgan fingerprint density at radius 1 is 0.733 bits per heavy atom. The van der Waals surface area contributed by atoms with Crippen LogP contribution in [0, 0.1) is 6.92 Å².